The fourth-order valence-electron chi connectivity index (χ4n) is 0.758. The Morgan fingerprint density at radius 1 is 1.55 bits per heavy atom. The molecule has 0 aromatic heterocycles. The normalized spacial score (nSPS) is 8.91. The second-order valence-corrected chi connectivity index (χ2v) is 3.01. The van der Waals surface area contributed by atoms with E-state index in [4.69, 9.17) is 0 Å². The van der Waals surface area contributed by atoms with Crippen LogP contribution in [0.2, 0.25) is 0 Å². The molecule has 3 heteroatoms. The van der Waals surface area contributed by atoms with Crippen molar-refractivity contribution in [2.45, 2.75) is 6.92 Å². The molecule has 0 heterocycles. The molecule has 0 bridgehead atoms. The van der Waals surface area contributed by atoms with Crippen LogP contribution in [0.3, 0.4) is 0 Å². The first-order valence-electron chi connectivity index (χ1n) is 3.08. The molecular formula is C8H6BrNO. The molecule has 0 saturated heterocycles. The van der Waals surface area contributed by atoms with Crippen molar-refractivity contribution in [3.05, 3.63) is 28.2 Å². The van der Waals surface area contributed by atoms with E-state index in [1.165, 1.54) is 6.08 Å². The second-order valence-electron chi connectivity index (χ2n) is 2.16. The van der Waals surface area contributed by atoms with E-state index in [9.17, 15) is 4.79 Å². The third kappa shape index (κ3) is 2.00. The summed E-state index contributed by atoms with van der Waals surface area (Å²) in [5, 5.41) is 0. The molecule has 2 nitrogen and oxygen atoms in total. The Hall–Kier alpha value is -0.920. The third-order valence-electron chi connectivity index (χ3n) is 1.27. The van der Waals surface area contributed by atoms with Gasteiger partial charge in [-0.05, 0) is 40.5 Å². The minimum absolute atomic E-state index is 0.625. The number of rotatable bonds is 1. The van der Waals surface area contributed by atoms with Gasteiger partial charge in [0, 0.05) is 4.47 Å². The molecule has 0 spiro atoms. The zero-order valence-corrected chi connectivity index (χ0v) is 7.55. The molecule has 0 saturated carbocycles. The van der Waals surface area contributed by atoms with Gasteiger partial charge < -0.3 is 0 Å². The average molecular weight is 212 g/mol. The summed E-state index contributed by atoms with van der Waals surface area (Å²) in [5.74, 6) is 0. The lowest BCUT2D eigenvalue weighted by Gasteiger charge is -1.96. The zero-order valence-electron chi connectivity index (χ0n) is 5.97. The third-order valence-corrected chi connectivity index (χ3v) is 1.94. The second kappa shape index (κ2) is 3.46. The molecule has 1 aromatic rings. The maximum atomic E-state index is 9.93. The summed E-state index contributed by atoms with van der Waals surface area (Å²) in [7, 11) is 0. The van der Waals surface area contributed by atoms with Crippen LogP contribution in [0.1, 0.15) is 5.56 Å². The number of hydrogen-bond acceptors (Lipinski definition) is 2. The minimum atomic E-state index is 0.625. The Balaban J connectivity index is 3.22. The fourth-order valence-corrected chi connectivity index (χ4v) is 1.09. The highest BCUT2D eigenvalue weighted by Gasteiger charge is 1.96. The highest BCUT2D eigenvalue weighted by Crippen LogP contribution is 2.25. The number of carbonyl (C=O) groups excluding carboxylic acids is 1. The molecule has 56 valence electrons. The summed E-state index contributed by atoms with van der Waals surface area (Å²) >= 11 is 3.26. The number of halogens is 1. The molecule has 0 radical (unpaired) electrons. The maximum absolute atomic E-state index is 9.93. The van der Waals surface area contributed by atoms with Gasteiger partial charge in [0.15, 0.2) is 0 Å². The molecule has 0 N–H and O–H groups in total. The van der Waals surface area contributed by atoms with Crippen LogP contribution in [0.15, 0.2) is 27.7 Å². The Kier molecular flexibility index (Phi) is 2.58. The van der Waals surface area contributed by atoms with Crippen LogP contribution in [0.5, 0.6) is 0 Å². The van der Waals surface area contributed by atoms with Gasteiger partial charge in [-0.1, -0.05) is 6.07 Å². The number of nitrogens with zero attached hydrogens (tertiary/aromatic N) is 1. The largest absolute Gasteiger partial charge is 0.240 e. The van der Waals surface area contributed by atoms with Crippen molar-refractivity contribution in [1.82, 2.24) is 0 Å². The Morgan fingerprint density at radius 3 is 2.91 bits per heavy atom. The molecule has 0 aliphatic rings. The van der Waals surface area contributed by atoms with Crippen molar-refractivity contribution in [2.24, 2.45) is 4.99 Å². The van der Waals surface area contributed by atoms with E-state index >= 15 is 0 Å². The maximum Gasteiger partial charge on any atom is 0.240 e. The predicted octanol–water partition coefficient (Wildman–Crippen LogP) is 2.72. The summed E-state index contributed by atoms with van der Waals surface area (Å²) in [4.78, 5) is 13.4. The number of hydrogen-bond donors (Lipinski definition) is 0. The van der Waals surface area contributed by atoms with Crippen molar-refractivity contribution in [3.8, 4) is 0 Å². The van der Waals surface area contributed by atoms with Gasteiger partial charge in [0.1, 0.15) is 0 Å². The quantitative estimate of drug-likeness (QED) is 0.519. The van der Waals surface area contributed by atoms with E-state index in [2.05, 4.69) is 20.9 Å². The first-order valence-corrected chi connectivity index (χ1v) is 3.87. The monoisotopic (exact) mass is 211 g/mol. The summed E-state index contributed by atoms with van der Waals surface area (Å²) in [6, 6.07) is 5.61. The molecule has 0 fully saturated rings. The molecule has 0 amide bonds. The molecule has 0 aliphatic carbocycles. The topological polar surface area (TPSA) is 29.4 Å². The van der Waals surface area contributed by atoms with E-state index < -0.39 is 0 Å². The van der Waals surface area contributed by atoms with Crippen molar-refractivity contribution in [1.29, 1.82) is 0 Å². The van der Waals surface area contributed by atoms with E-state index in [1.54, 1.807) is 0 Å². The Morgan fingerprint density at radius 2 is 2.27 bits per heavy atom. The van der Waals surface area contributed by atoms with Crippen molar-refractivity contribution in [2.75, 3.05) is 0 Å². The lowest BCUT2D eigenvalue weighted by Crippen LogP contribution is -1.72. The van der Waals surface area contributed by atoms with Crippen LogP contribution in [0, 0.1) is 6.92 Å². The van der Waals surface area contributed by atoms with Crippen LogP contribution in [-0.4, -0.2) is 6.08 Å². The Bertz CT molecular complexity index is 316. The highest BCUT2D eigenvalue weighted by molar-refractivity contribution is 9.10. The van der Waals surface area contributed by atoms with Gasteiger partial charge in [0.05, 0.1) is 5.69 Å². The first-order chi connectivity index (χ1) is 5.24. The zero-order chi connectivity index (χ0) is 8.27. The van der Waals surface area contributed by atoms with Crippen molar-refractivity contribution in [3.63, 3.8) is 0 Å². The van der Waals surface area contributed by atoms with Crippen molar-refractivity contribution >= 4 is 27.7 Å². The summed E-state index contributed by atoms with van der Waals surface area (Å²) in [6.07, 6.45) is 1.50. The van der Waals surface area contributed by atoms with Crippen LogP contribution < -0.4 is 0 Å². The summed E-state index contributed by atoms with van der Waals surface area (Å²) in [6.45, 7) is 1.94. The molecule has 0 aliphatic heterocycles. The van der Waals surface area contributed by atoms with Gasteiger partial charge in [-0.2, -0.15) is 4.99 Å². The highest BCUT2D eigenvalue weighted by atomic mass is 79.9. The lowest BCUT2D eigenvalue weighted by atomic mass is 10.2. The molecule has 1 aromatic carbocycles. The van der Waals surface area contributed by atoms with Crippen molar-refractivity contribution < 1.29 is 4.79 Å². The smallest absolute Gasteiger partial charge is 0.211 e. The first kappa shape index (κ1) is 8.18. The summed E-state index contributed by atoms with van der Waals surface area (Å²) in [5.41, 5.74) is 1.70. The molecule has 0 unspecified atom stereocenters. The lowest BCUT2D eigenvalue weighted by molar-refractivity contribution is 0.565. The van der Waals surface area contributed by atoms with Gasteiger partial charge in [0.2, 0.25) is 6.08 Å². The van der Waals surface area contributed by atoms with Crippen LogP contribution in [0.25, 0.3) is 0 Å². The molecular weight excluding hydrogens is 206 g/mol. The van der Waals surface area contributed by atoms with E-state index in [0.717, 1.165) is 10.0 Å². The van der Waals surface area contributed by atoms with Gasteiger partial charge >= 0.3 is 0 Å². The van der Waals surface area contributed by atoms with E-state index in [-0.39, 0.29) is 0 Å². The SMILES string of the molecule is Cc1ccc(Br)c(N=C=O)c1. The van der Waals surface area contributed by atoms with Crippen LogP contribution in [0.4, 0.5) is 5.69 Å². The van der Waals surface area contributed by atoms with Crippen LogP contribution in [-0.2, 0) is 4.79 Å². The van der Waals surface area contributed by atoms with E-state index in [1.807, 2.05) is 25.1 Å². The fraction of sp³-hybridized carbons (Fsp3) is 0.125. The molecule has 0 atom stereocenters. The minimum Gasteiger partial charge on any atom is -0.211 e. The molecule has 1 rings (SSSR count). The van der Waals surface area contributed by atoms with Gasteiger partial charge in [-0.3, -0.25) is 0 Å². The van der Waals surface area contributed by atoms with Gasteiger partial charge in [-0.25, -0.2) is 4.79 Å². The number of aryl methyl sites for hydroxylation is 1. The van der Waals surface area contributed by atoms with Crippen LogP contribution >= 0.6 is 15.9 Å². The van der Waals surface area contributed by atoms with Gasteiger partial charge in [-0.15, -0.1) is 0 Å². The predicted molar refractivity (Wildman–Crippen MR) is 46.7 cm³/mol. The van der Waals surface area contributed by atoms with Gasteiger partial charge in [0.25, 0.3) is 0 Å². The molecule has 11 heavy (non-hydrogen) atoms. The number of aliphatic imine (C=N–C) groups is 1. The Labute approximate surface area is 73.1 Å². The standard InChI is InChI=1S/C8H6BrNO/c1-6-2-3-7(9)8(4-6)10-5-11/h2-4H,1H3. The number of isocyanates is 1. The van der Waals surface area contributed by atoms with E-state index in [0.29, 0.717) is 5.69 Å². The average Bonchev–Trinajstić information content (AvgIpc) is 1.98. The number of benzene rings is 1. The summed E-state index contributed by atoms with van der Waals surface area (Å²) < 4.78 is 0.812.